The van der Waals surface area contributed by atoms with Crippen molar-refractivity contribution in [2.24, 2.45) is 10.8 Å². The van der Waals surface area contributed by atoms with E-state index >= 15 is 0 Å². The van der Waals surface area contributed by atoms with Crippen LogP contribution in [0.4, 0.5) is 0 Å². The number of rotatable bonds is 10. The maximum Gasteiger partial charge on any atom is 0.478 e. The van der Waals surface area contributed by atoms with E-state index < -0.39 is 79.3 Å². The first-order chi connectivity index (χ1) is 12.2. The van der Waals surface area contributed by atoms with Gasteiger partial charge in [0.15, 0.2) is 0 Å². The van der Waals surface area contributed by atoms with Crippen LogP contribution in [0.2, 0.25) is 0 Å². The molecule has 0 heterocycles. The van der Waals surface area contributed by atoms with Gasteiger partial charge in [-0.3, -0.25) is 0 Å². The van der Waals surface area contributed by atoms with Gasteiger partial charge in [-0.25, -0.2) is 9.13 Å². The number of phosphoric acid groups is 2. The third-order valence-electron chi connectivity index (χ3n) is 2.90. The molecule has 0 aliphatic carbocycles. The van der Waals surface area contributed by atoms with Gasteiger partial charge < -0.3 is 60.4 Å². The lowest BCUT2D eigenvalue weighted by atomic mass is 9.93. The minimum absolute atomic E-state index is 0.406. The molecule has 0 spiro atoms. The van der Waals surface area contributed by atoms with E-state index in [0.29, 0.717) is 0 Å². The molecule has 0 atom stereocenters. The standard InChI is InChI=1S/2C5H12O4.H4O7P2/c2*6-1-5(2-7,3-8)4-9;1-8(2,3)7-9(4,5)6/h2*6-9H,1-4H2;(H2,1,2,3)(H2,4,5,6). The van der Waals surface area contributed by atoms with Crippen molar-refractivity contribution in [2.75, 3.05) is 52.9 Å². The highest BCUT2D eigenvalue weighted by Gasteiger charge is 2.28. The summed E-state index contributed by atoms with van der Waals surface area (Å²) in [5.74, 6) is 0. The molecule has 27 heavy (non-hydrogen) atoms. The van der Waals surface area contributed by atoms with Crippen molar-refractivity contribution >= 4 is 15.6 Å². The van der Waals surface area contributed by atoms with Crippen LogP contribution < -0.4 is 0 Å². The normalized spacial score (nSPS) is 12.6. The van der Waals surface area contributed by atoms with Crippen LogP contribution in [-0.2, 0) is 13.4 Å². The molecule has 12 N–H and O–H groups in total. The number of aliphatic hydroxyl groups is 8. The summed E-state index contributed by atoms with van der Waals surface area (Å²) < 4.78 is 22.2. The van der Waals surface area contributed by atoms with Crippen LogP contribution in [0.15, 0.2) is 0 Å². The molecule has 0 radical (unpaired) electrons. The predicted molar refractivity (Wildman–Crippen MR) is 86.7 cm³/mol. The van der Waals surface area contributed by atoms with E-state index in [1.165, 1.54) is 0 Å². The van der Waals surface area contributed by atoms with Gasteiger partial charge >= 0.3 is 15.6 Å². The fraction of sp³-hybridized carbons (Fsp3) is 1.00. The van der Waals surface area contributed by atoms with Crippen molar-refractivity contribution in [1.82, 2.24) is 0 Å². The first-order valence-electron chi connectivity index (χ1n) is 6.89. The molecule has 0 saturated carbocycles. The average Bonchev–Trinajstić information content (AvgIpc) is 2.58. The third kappa shape index (κ3) is 16.6. The fourth-order valence-electron chi connectivity index (χ4n) is 0.739. The van der Waals surface area contributed by atoms with Crippen LogP contribution in [0, 0.1) is 10.8 Å². The summed E-state index contributed by atoms with van der Waals surface area (Å²) in [6, 6.07) is 0. The van der Waals surface area contributed by atoms with E-state index in [1.807, 2.05) is 0 Å². The molecule has 15 nitrogen and oxygen atoms in total. The number of aliphatic hydroxyl groups excluding tert-OH is 8. The molecule has 0 fully saturated rings. The van der Waals surface area contributed by atoms with Gasteiger partial charge in [0, 0.05) is 0 Å². The first-order valence-corrected chi connectivity index (χ1v) is 9.95. The van der Waals surface area contributed by atoms with Gasteiger partial charge in [-0.15, -0.1) is 0 Å². The second-order valence-electron chi connectivity index (χ2n) is 5.33. The van der Waals surface area contributed by atoms with Crippen molar-refractivity contribution in [3.8, 4) is 0 Å². The van der Waals surface area contributed by atoms with Crippen molar-refractivity contribution in [3.05, 3.63) is 0 Å². The molecule has 0 aromatic rings. The zero-order valence-electron chi connectivity index (χ0n) is 14.1. The van der Waals surface area contributed by atoms with Gasteiger partial charge in [0.05, 0.1) is 63.7 Å². The lowest BCUT2D eigenvalue weighted by Crippen LogP contribution is -2.37. The van der Waals surface area contributed by atoms with Crippen molar-refractivity contribution in [1.29, 1.82) is 0 Å². The second kappa shape index (κ2) is 14.9. The zero-order valence-corrected chi connectivity index (χ0v) is 15.9. The Balaban J connectivity index is -0.000000320. The summed E-state index contributed by atoms with van der Waals surface area (Å²) >= 11 is 0. The summed E-state index contributed by atoms with van der Waals surface area (Å²) in [4.78, 5) is 31.0. The average molecular weight is 450 g/mol. The Bertz CT molecular complexity index is 363. The summed E-state index contributed by atoms with van der Waals surface area (Å²) in [5.41, 5.74) is -2.22. The Morgan fingerprint density at radius 3 is 0.630 bits per heavy atom. The van der Waals surface area contributed by atoms with E-state index in [2.05, 4.69) is 4.31 Å². The highest BCUT2D eigenvalue weighted by atomic mass is 31.3. The topological polar surface area (TPSA) is 286 Å². The SMILES string of the molecule is O=P(O)(O)OP(=O)(O)O.OCC(CO)(CO)CO.OCC(CO)(CO)CO. The lowest BCUT2D eigenvalue weighted by Gasteiger charge is -2.23. The lowest BCUT2D eigenvalue weighted by molar-refractivity contribution is -0.0332. The van der Waals surface area contributed by atoms with Crippen LogP contribution >= 0.6 is 15.6 Å². The largest absolute Gasteiger partial charge is 0.478 e. The zero-order chi connectivity index (χ0) is 22.4. The van der Waals surface area contributed by atoms with Crippen molar-refractivity contribution < 1.29 is 73.9 Å². The van der Waals surface area contributed by atoms with Crippen LogP contribution in [-0.4, -0.2) is 113 Å². The summed E-state index contributed by atoms with van der Waals surface area (Å²) in [6.07, 6.45) is 0. The molecule has 0 aromatic carbocycles. The number of hydrogen-bond acceptors (Lipinski definition) is 11. The molecule has 0 aromatic heterocycles. The maximum atomic E-state index is 9.63. The smallest absolute Gasteiger partial charge is 0.396 e. The van der Waals surface area contributed by atoms with Gasteiger partial charge in [-0.1, -0.05) is 0 Å². The van der Waals surface area contributed by atoms with Crippen LogP contribution in [0.3, 0.4) is 0 Å². The monoisotopic (exact) mass is 450 g/mol. The van der Waals surface area contributed by atoms with Crippen LogP contribution in [0.5, 0.6) is 0 Å². The van der Waals surface area contributed by atoms with Gasteiger partial charge in [0.2, 0.25) is 0 Å². The quantitative estimate of drug-likeness (QED) is 0.139. The molecule has 17 heteroatoms. The third-order valence-corrected chi connectivity index (χ3v) is 4.60. The summed E-state index contributed by atoms with van der Waals surface area (Å²) in [5, 5.41) is 68.0. The van der Waals surface area contributed by atoms with Crippen LogP contribution in [0.25, 0.3) is 0 Å². The Hall–Kier alpha value is -0.0600. The molecule has 0 aliphatic heterocycles. The molecular formula is C10H28O15P2. The minimum atomic E-state index is -5.05. The van der Waals surface area contributed by atoms with Gasteiger partial charge in [0.1, 0.15) is 0 Å². The van der Waals surface area contributed by atoms with E-state index in [-0.39, 0.29) is 0 Å². The van der Waals surface area contributed by atoms with E-state index in [0.717, 1.165) is 0 Å². The number of hydrogen-bond donors (Lipinski definition) is 12. The maximum absolute atomic E-state index is 9.63. The van der Waals surface area contributed by atoms with E-state index in [4.69, 9.17) is 60.4 Å². The highest BCUT2D eigenvalue weighted by molar-refractivity contribution is 7.60. The molecule has 0 rings (SSSR count). The van der Waals surface area contributed by atoms with Crippen molar-refractivity contribution in [2.45, 2.75) is 0 Å². The summed E-state index contributed by atoms with van der Waals surface area (Å²) in [7, 11) is -10.1. The molecular weight excluding hydrogens is 422 g/mol. The molecule has 0 saturated heterocycles. The fourth-order valence-corrected chi connectivity index (χ4v) is 1.85. The van der Waals surface area contributed by atoms with Crippen molar-refractivity contribution in [3.63, 3.8) is 0 Å². The molecule has 0 unspecified atom stereocenters. The highest BCUT2D eigenvalue weighted by Crippen LogP contribution is 2.53. The first kappa shape index (κ1) is 31.6. The predicted octanol–water partition coefficient (Wildman–Crippen LogP) is -4.93. The molecule has 0 bridgehead atoms. The molecule has 0 amide bonds. The summed E-state index contributed by atoms with van der Waals surface area (Å²) in [6.45, 7) is -3.25. The second-order valence-corrected chi connectivity index (χ2v) is 7.94. The molecule has 0 aliphatic rings. The Labute approximate surface area is 154 Å². The minimum Gasteiger partial charge on any atom is -0.396 e. The Kier molecular flexibility index (Phi) is 17.4. The Morgan fingerprint density at radius 1 is 0.481 bits per heavy atom. The van der Waals surface area contributed by atoms with Crippen LogP contribution in [0.1, 0.15) is 0 Å². The Morgan fingerprint density at radius 2 is 0.630 bits per heavy atom. The molecule has 168 valence electrons. The van der Waals surface area contributed by atoms with E-state index in [1.54, 1.807) is 0 Å². The van der Waals surface area contributed by atoms with Gasteiger partial charge in [0.25, 0.3) is 0 Å². The van der Waals surface area contributed by atoms with Gasteiger partial charge in [-0.2, -0.15) is 4.31 Å². The van der Waals surface area contributed by atoms with Gasteiger partial charge in [-0.05, 0) is 0 Å². The van der Waals surface area contributed by atoms with E-state index in [9.17, 15) is 9.13 Å².